The highest BCUT2D eigenvalue weighted by molar-refractivity contribution is 5.92. The van der Waals surface area contributed by atoms with Crippen LogP contribution in [0.2, 0.25) is 0 Å². The van der Waals surface area contributed by atoms with Crippen molar-refractivity contribution in [2.75, 3.05) is 11.9 Å². The molecule has 2 aliphatic rings. The first-order valence-electron chi connectivity index (χ1n) is 8.21. The number of amides is 1. The number of ether oxygens (including phenoxy) is 1. The third-order valence-corrected chi connectivity index (χ3v) is 4.16. The zero-order valence-electron chi connectivity index (χ0n) is 13.9. The Bertz CT molecular complexity index is 630. The number of carbonyl (C=O) groups excluding carboxylic acids is 2. The van der Waals surface area contributed by atoms with E-state index in [2.05, 4.69) is 16.7 Å². The van der Waals surface area contributed by atoms with Gasteiger partial charge in [-0.05, 0) is 56.7 Å². The molecule has 3 rings (SSSR count). The van der Waals surface area contributed by atoms with Crippen LogP contribution < -0.4 is 10.6 Å². The van der Waals surface area contributed by atoms with Gasteiger partial charge in [0.05, 0.1) is 0 Å². The molecule has 0 radical (unpaired) electrons. The molecule has 0 aromatic heterocycles. The summed E-state index contributed by atoms with van der Waals surface area (Å²) in [5.41, 5.74) is 2.80. The van der Waals surface area contributed by atoms with Crippen LogP contribution in [0.5, 0.6) is 0 Å². The van der Waals surface area contributed by atoms with Crippen LogP contribution in [0.15, 0.2) is 18.2 Å². The smallest absolute Gasteiger partial charge is 0.408 e. The Morgan fingerprint density at radius 1 is 1.30 bits per heavy atom. The molecule has 1 saturated carbocycles. The molecule has 1 fully saturated rings. The predicted molar refractivity (Wildman–Crippen MR) is 88.8 cm³/mol. The highest BCUT2D eigenvalue weighted by atomic mass is 16.6. The minimum Gasteiger partial charge on any atom is -0.444 e. The lowest BCUT2D eigenvalue weighted by atomic mass is 9.96. The van der Waals surface area contributed by atoms with E-state index in [1.54, 1.807) is 20.8 Å². The quantitative estimate of drug-likeness (QED) is 0.880. The summed E-state index contributed by atoms with van der Waals surface area (Å²) in [7, 11) is 0. The predicted octanol–water partition coefficient (Wildman–Crippen LogP) is 2.99. The maximum Gasteiger partial charge on any atom is 0.408 e. The Balaban J connectivity index is 1.72. The van der Waals surface area contributed by atoms with Gasteiger partial charge in [-0.2, -0.15) is 0 Å². The summed E-state index contributed by atoms with van der Waals surface area (Å²) < 4.78 is 5.25. The summed E-state index contributed by atoms with van der Waals surface area (Å²) in [5.74, 6) is 0.616. The van der Waals surface area contributed by atoms with Crippen molar-refractivity contribution in [3.05, 3.63) is 29.3 Å². The summed E-state index contributed by atoms with van der Waals surface area (Å²) in [5, 5.41) is 6.00. The molecule has 1 aromatic rings. The first kappa shape index (κ1) is 15.8. The molecule has 1 aliphatic carbocycles. The maximum atomic E-state index is 12.6. The molecule has 23 heavy (non-hydrogen) atoms. The summed E-state index contributed by atoms with van der Waals surface area (Å²) in [6.07, 6.45) is 2.20. The zero-order valence-corrected chi connectivity index (χ0v) is 13.9. The van der Waals surface area contributed by atoms with Crippen molar-refractivity contribution in [2.45, 2.75) is 57.6 Å². The number of anilines is 1. The second-order valence-electron chi connectivity index (χ2n) is 7.37. The van der Waals surface area contributed by atoms with Crippen molar-refractivity contribution in [2.24, 2.45) is 0 Å². The number of rotatable bonds is 2. The lowest BCUT2D eigenvalue weighted by molar-refractivity contribution is -0.120. The number of Topliss-reactive ketones (excluding diaryl/α,β-unsaturated/α-hetero) is 1. The van der Waals surface area contributed by atoms with E-state index in [-0.39, 0.29) is 5.78 Å². The van der Waals surface area contributed by atoms with Crippen LogP contribution in [0, 0.1) is 0 Å². The fraction of sp³-hybridized carbons (Fsp3) is 0.556. The van der Waals surface area contributed by atoms with Gasteiger partial charge in [0.2, 0.25) is 0 Å². The van der Waals surface area contributed by atoms with Crippen molar-refractivity contribution in [1.82, 2.24) is 5.32 Å². The molecule has 5 heteroatoms. The van der Waals surface area contributed by atoms with Gasteiger partial charge in [0.15, 0.2) is 5.78 Å². The van der Waals surface area contributed by atoms with Crippen LogP contribution >= 0.6 is 0 Å². The van der Waals surface area contributed by atoms with Gasteiger partial charge in [-0.3, -0.25) is 4.79 Å². The number of benzene rings is 1. The van der Waals surface area contributed by atoms with Crippen LogP contribution in [-0.2, 0) is 16.0 Å². The van der Waals surface area contributed by atoms with Gasteiger partial charge in [0.1, 0.15) is 11.6 Å². The number of hydrogen-bond acceptors (Lipinski definition) is 4. The molecule has 0 bridgehead atoms. The number of hydrogen-bond donors (Lipinski definition) is 2. The van der Waals surface area contributed by atoms with Crippen molar-refractivity contribution in [3.8, 4) is 0 Å². The van der Waals surface area contributed by atoms with Crippen molar-refractivity contribution < 1.29 is 14.3 Å². The van der Waals surface area contributed by atoms with Gasteiger partial charge < -0.3 is 15.4 Å². The lowest BCUT2D eigenvalue weighted by Crippen LogP contribution is -2.46. The monoisotopic (exact) mass is 316 g/mol. The van der Waals surface area contributed by atoms with E-state index in [4.69, 9.17) is 4.74 Å². The standard InChI is InChI=1S/C18H24N2O3/c1-18(2,3)23-17(22)20-15-10-19-14-6-4-5-12(11-7-8-11)13(14)9-16(15)21/h4-6,11,15,19H,7-10H2,1-3H3,(H,20,22)/t15-/m0/s1. The summed E-state index contributed by atoms with van der Waals surface area (Å²) in [6, 6.07) is 5.59. The number of alkyl carbamates (subject to hydrolysis) is 1. The van der Waals surface area contributed by atoms with Crippen molar-refractivity contribution in [3.63, 3.8) is 0 Å². The highest BCUT2D eigenvalue weighted by Crippen LogP contribution is 2.43. The molecular formula is C18H24N2O3. The Morgan fingerprint density at radius 2 is 2.04 bits per heavy atom. The molecule has 0 saturated heterocycles. The molecular weight excluding hydrogens is 292 g/mol. The van der Waals surface area contributed by atoms with E-state index in [0.717, 1.165) is 11.3 Å². The van der Waals surface area contributed by atoms with E-state index in [9.17, 15) is 9.59 Å². The Morgan fingerprint density at radius 3 is 2.70 bits per heavy atom. The third kappa shape index (κ3) is 3.84. The van der Waals surface area contributed by atoms with Crippen molar-refractivity contribution >= 4 is 17.6 Å². The number of fused-ring (bicyclic) bond motifs is 1. The molecule has 2 N–H and O–H groups in total. The summed E-state index contributed by atoms with van der Waals surface area (Å²) in [4.78, 5) is 24.5. The van der Waals surface area contributed by atoms with Gasteiger partial charge >= 0.3 is 6.09 Å². The van der Waals surface area contributed by atoms with Gasteiger partial charge in [0.25, 0.3) is 0 Å². The number of carbonyl (C=O) groups is 2. The number of nitrogens with one attached hydrogen (secondary N) is 2. The van der Waals surface area contributed by atoms with Crippen LogP contribution in [0.25, 0.3) is 0 Å². The molecule has 1 heterocycles. The SMILES string of the molecule is CC(C)(C)OC(=O)N[C@H]1CNc2cccc(C3CC3)c2CC1=O. The summed E-state index contributed by atoms with van der Waals surface area (Å²) in [6.45, 7) is 5.80. The topological polar surface area (TPSA) is 67.4 Å². The molecule has 0 spiro atoms. The van der Waals surface area contributed by atoms with E-state index < -0.39 is 17.7 Å². The van der Waals surface area contributed by atoms with Gasteiger partial charge in [0, 0.05) is 18.7 Å². The molecule has 1 aliphatic heterocycles. The first-order chi connectivity index (χ1) is 10.8. The van der Waals surface area contributed by atoms with E-state index in [1.165, 1.54) is 18.4 Å². The Labute approximate surface area is 136 Å². The molecule has 1 aromatic carbocycles. The fourth-order valence-corrected chi connectivity index (χ4v) is 2.95. The third-order valence-electron chi connectivity index (χ3n) is 4.16. The summed E-state index contributed by atoms with van der Waals surface area (Å²) >= 11 is 0. The van der Waals surface area contributed by atoms with Gasteiger partial charge in [-0.1, -0.05) is 12.1 Å². The second-order valence-corrected chi connectivity index (χ2v) is 7.37. The average molecular weight is 316 g/mol. The second kappa shape index (κ2) is 5.87. The average Bonchev–Trinajstić information content (AvgIpc) is 3.26. The minimum absolute atomic E-state index is 0.0233. The van der Waals surface area contributed by atoms with Crippen LogP contribution in [0.4, 0.5) is 10.5 Å². The first-order valence-corrected chi connectivity index (χ1v) is 8.21. The Hall–Kier alpha value is -2.04. The highest BCUT2D eigenvalue weighted by Gasteiger charge is 2.32. The van der Waals surface area contributed by atoms with Gasteiger partial charge in [-0.15, -0.1) is 0 Å². The van der Waals surface area contributed by atoms with Crippen LogP contribution in [-0.4, -0.2) is 30.1 Å². The lowest BCUT2D eigenvalue weighted by Gasteiger charge is -2.22. The zero-order chi connectivity index (χ0) is 16.6. The largest absolute Gasteiger partial charge is 0.444 e. The van der Waals surface area contributed by atoms with E-state index in [1.807, 2.05) is 12.1 Å². The van der Waals surface area contributed by atoms with Gasteiger partial charge in [-0.25, -0.2) is 4.79 Å². The van der Waals surface area contributed by atoms with Crippen LogP contribution in [0.3, 0.4) is 0 Å². The van der Waals surface area contributed by atoms with Crippen molar-refractivity contribution in [1.29, 1.82) is 0 Å². The molecule has 124 valence electrons. The normalized spacial score (nSPS) is 21.0. The fourth-order valence-electron chi connectivity index (χ4n) is 2.95. The Kier molecular flexibility index (Phi) is 4.04. The molecule has 0 unspecified atom stereocenters. The maximum absolute atomic E-state index is 12.6. The minimum atomic E-state index is -0.576. The molecule has 1 atom stereocenters. The molecule has 1 amide bonds. The van der Waals surface area contributed by atoms with E-state index in [0.29, 0.717) is 18.9 Å². The number of ketones is 1. The van der Waals surface area contributed by atoms with Crippen LogP contribution in [0.1, 0.15) is 50.7 Å². The van der Waals surface area contributed by atoms with E-state index >= 15 is 0 Å². The molecule has 5 nitrogen and oxygen atoms in total.